The van der Waals surface area contributed by atoms with E-state index in [0.717, 1.165) is 11.5 Å². The topological polar surface area (TPSA) is 55.1 Å². The molecule has 0 aliphatic carbocycles. The first-order valence-corrected chi connectivity index (χ1v) is 6.21. The van der Waals surface area contributed by atoms with Gasteiger partial charge in [-0.15, -0.1) is 0 Å². The van der Waals surface area contributed by atoms with E-state index in [-0.39, 0.29) is 12.1 Å². The molecule has 3 rings (SSSR count). The molecule has 0 saturated heterocycles. The SMILES string of the molecule is O=C(Cc1noc2ccccc12)Nc1ccc(F)cc1F. The molecule has 0 spiro atoms. The van der Waals surface area contributed by atoms with Gasteiger partial charge in [0.15, 0.2) is 5.58 Å². The molecular weight excluding hydrogens is 278 g/mol. The number of carbonyl (C=O) groups is 1. The predicted molar refractivity (Wildman–Crippen MR) is 72.7 cm³/mol. The molecular formula is C15H10F2N2O2. The average molecular weight is 288 g/mol. The smallest absolute Gasteiger partial charge is 0.230 e. The van der Waals surface area contributed by atoms with Crippen LogP contribution < -0.4 is 5.32 Å². The van der Waals surface area contributed by atoms with E-state index in [2.05, 4.69) is 10.5 Å². The number of rotatable bonds is 3. The standard InChI is InChI=1S/C15H10F2N2O2/c16-9-5-6-12(11(17)7-9)18-15(20)8-13-10-3-1-2-4-14(10)21-19-13/h1-7H,8H2,(H,18,20). The Morgan fingerprint density at radius 2 is 2.00 bits per heavy atom. The van der Waals surface area contributed by atoms with Crippen LogP contribution in [-0.4, -0.2) is 11.1 Å². The van der Waals surface area contributed by atoms with Gasteiger partial charge in [0.25, 0.3) is 0 Å². The lowest BCUT2D eigenvalue weighted by Crippen LogP contribution is -2.15. The molecule has 0 aliphatic rings. The number of amides is 1. The molecule has 0 radical (unpaired) electrons. The van der Waals surface area contributed by atoms with Crippen molar-refractivity contribution in [3.63, 3.8) is 0 Å². The van der Waals surface area contributed by atoms with Crippen LogP contribution in [0.25, 0.3) is 11.0 Å². The number of carbonyl (C=O) groups excluding carboxylic acids is 1. The number of fused-ring (bicyclic) bond motifs is 1. The molecule has 1 N–H and O–H groups in total. The van der Waals surface area contributed by atoms with Crippen LogP contribution in [0.2, 0.25) is 0 Å². The van der Waals surface area contributed by atoms with Crippen molar-refractivity contribution < 1.29 is 18.1 Å². The second-order valence-corrected chi connectivity index (χ2v) is 4.47. The summed E-state index contributed by atoms with van der Waals surface area (Å²) < 4.78 is 31.3. The van der Waals surface area contributed by atoms with E-state index in [0.29, 0.717) is 17.3 Å². The minimum atomic E-state index is -0.826. The largest absolute Gasteiger partial charge is 0.356 e. The minimum absolute atomic E-state index is 0.0617. The van der Waals surface area contributed by atoms with Crippen LogP contribution in [0.1, 0.15) is 5.69 Å². The van der Waals surface area contributed by atoms with Gasteiger partial charge in [-0.1, -0.05) is 17.3 Å². The maximum Gasteiger partial charge on any atom is 0.230 e. The zero-order valence-corrected chi connectivity index (χ0v) is 10.8. The van der Waals surface area contributed by atoms with Crippen molar-refractivity contribution >= 4 is 22.6 Å². The third kappa shape index (κ3) is 2.74. The monoisotopic (exact) mass is 288 g/mol. The number of hydrogen-bond donors (Lipinski definition) is 1. The summed E-state index contributed by atoms with van der Waals surface area (Å²) in [4.78, 5) is 11.9. The number of anilines is 1. The van der Waals surface area contributed by atoms with Gasteiger partial charge in [-0.2, -0.15) is 0 Å². The highest BCUT2D eigenvalue weighted by atomic mass is 19.1. The number of benzene rings is 2. The van der Waals surface area contributed by atoms with Crippen LogP contribution in [-0.2, 0) is 11.2 Å². The molecule has 0 unspecified atom stereocenters. The summed E-state index contributed by atoms with van der Waals surface area (Å²) in [5, 5.41) is 6.93. The molecule has 4 nitrogen and oxygen atoms in total. The van der Waals surface area contributed by atoms with Crippen LogP contribution in [0.15, 0.2) is 47.0 Å². The van der Waals surface area contributed by atoms with E-state index in [1.807, 2.05) is 0 Å². The first-order chi connectivity index (χ1) is 10.1. The van der Waals surface area contributed by atoms with Gasteiger partial charge in [-0.25, -0.2) is 8.78 Å². The zero-order chi connectivity index (χ0) is 14.8. The highest BCUT2D eigenvalue weighted by molar-refractivity contribution is 5.94. The predicted octanol–water partition coefficient (Wildman–Crippen LogP) is 3.29. The number of para-hydroxylation sites is 1. The molecule has 0 bridgehead atoms. The van der Waals surface area contributed by atoms with E-state index in [1.165, 1.54) is 6.07 Å². The molecule has 1 aromatic heterocycles. The molecule has 0 aliphatic heterocycles. The molecule has 106 valence electrons. The number of nitrogens with zero attached hydrogens (tertiary/aromatic N) is 1. The van der Waals surface area contributed by atoms with Gasteiger partial charge in [-0.3, -0.25) is 4.79 Å². The van der Waals surface area contributed by atoms with Crippen LogP contribution in [0, 0.1) is 11.6 Å². The second kappa shape index (κ2) is 5.32. The summed E-state index contributed by atoms with van der Waals surface area (Å²) >= 11 is 0. The number of aromatic nitrogens is 1. The van der Waals surface area contributed by atoms with Crippen molar-refractivity contribution in [1.82, 2.24) is 5.16 Å². The minimum Gasteiger partial charge on any atom is -0.356 e. The fourth-order valence-electron chi connectivity index (χ4n) is 2.00. The summed E-state index contributed by atoms with van der Waals surface area (Å²) in [6.45, 7) is 0. The zero-order valence-electron chi connectivity index (χ0n) is 10.8. The molecule has 6 heteroatoms. The van der Waals surface area contributed by atoms with Crippen LogP contribution in [0.5, 0.6) is 0 Å². The number of nitrogens with one attached hydrogen (secondary N) is 1. The fraction of sp³-hybridized carbons (Fsp3) is 0.0667. The summed E-state index contributed by atoms with van der Waals surface area (Å²) in [5.74, 6) is -1.99. The van der Waals surface area contributed by atoms with E-state index in [9.17, 15) is 13.6 Å². The Bertz CT molecular complexity index is 814. The summed E-state index contributed by atoms with van der Waals surface area (Å²) in [5.41, 5.74) is 0.966. The van der Waals surface area contributed by atoms with Crippen LogP contribution >= 0.6 is 0 Å². The van der Waals surface area contributed by atoms with Gasteiger partial charge < -0.3 is 9.84 Å². The van der Waals surface area contributed by atoms with Crippen molar-refractivity contribution in [1.29, 1.82) is 0 Å². The molecule has 1 heterocycles. The highest BCUT2D eigenvalue weighted by Gasteiger charge is 2.13. The van der Waals surface area contributed by atoms with E-state index in [4.69, 9.17) is 4.52 Å². The van der Waals surface area contributed by atoms with Crippen molar-refractivity contribution in [2.24, 2.45) is 0 Å². The second-order valence-electron chi connectivity index (χ2n) is 4.47. The van der Waals surface area contributed by atoms with E-state index >= 15 is 0 Å². The van der Waals surface area contributed by atoms with Gasteiger partial charge in [-0.05, 0) is 24.3 Å². The van der Waals surface area contributed by atoms with Gasteiger partial charge in [0.05, 0.1) is 12.1 Å². The Balaban J connectivity index is 1.77. The van der Waals surface area contributed by atoms with Crippen molar-refractivity contribution in [3.05, 3.63) is 59.8 Å². The third-order valence-corrected chi connectivity index (χ3v) is 2.99. The normalized spacial score (nSPS) is 10.8. The lowest BCUT2D eigenvalue weighted by atomic mass is 10.1. The summed E-state index contributed by atoms with van der Waals surface area (Å²) in [6.07, 6.45) is -0.0617. The summed E-state index contributed by atoms with van der Waals surface area (Å²) in [7, 11) is 0. The Morgan fingerprint density at radius 1 is 1.19 bits per heavy atom. The van der Waals surface area contributed by atoms with Gasteiger partial charge in [0.2, 0.25) is 5.91 Å². The Morgan fingerprint density at radius 3 is 2.81 bits per heavy atom. The van der Waals surface area contributed by atoms with Gasteiger partial charge in [0.1, 0.15) is 17.3 Å². The molecule has 0 fully saturated rings. The first-order valence-electron chi connectivity index (χ1n) is 6.21. The maximum atomic E-state index is 13.5. The van der Waals surface area contributed by atoms with Crippen molar-refractivity contribution in [2.75, 3.05) is 5.32 Å². The highest BCUT2D eigenvalue weighted by Crippen LogP contribution is 2.19. The van der Waals surface area contributed by atoms with Gasteiger partial charge in [0, 0.05) is 11.5 Å². The maximum absolute atomic E-state index is 13.5. The average Bonchev–Trinajstić information content (AvgIpc) is 2.85. The fourth-order valence-corrected chi connectivity index (χ4v) is 2.00. The molecule has 0 atom stereocenters. The molecule has 21 heavy (non-hydrogen) atoms. The summed E-state index contributed by atoms with van der Waals surface area (Å²) in [6, 6.07) is 10.1. The van der Waals surface area contributed by atoms with Crippen LogP contribution in [0.4, 0.5) is 14.5 Å². The van der Waals surface area contributed by atoms with E-state index in [1.54, 1.807) is 24.3 Å². The quantitative estimate of drug-likeness (QED) is 0.804. The molecule has 0 saturated carbocycles. The molecule has 2 aromatic carbocycles. The van der Waals surface area contributed by atoms with Gasteiger partial charge >= 0.3 is 0 Å². The number of halogens is 2. The van der Waals surface area contributed by atoms with E-state index < -0.39 is 17.5 Å². The number of hydrogen-bond acceptors (Lipinski definition) is 3. The van der Waals surface area contributed by atoms with Crippen molar-refractivity contribution in [2.45, 2.75) is 6.42 Å². The molecule has 3 aromatic rings. The third-order valence-electron chi connectivity index (χ3n) is 2.99. The Kier molecular flexibility index (Phi) is 3.35. The van der Waals surface area contributed by atoms with Crippen LogP contribution in [0.3, 0.4) is 0 Å². The first kappa shape index (κ1) is 13.2. The lowest BCUT2D eigenvalue weighted by molar-refractivity contribution is -0.115. The molecule has 1 amide bonds. The Hall–Kier alpha value is -2.76. The van der Waals surface area contributed by atoms with Crippen molar-refractivity contribution in [3.8, 4) is 0 Å². The lowest BCUT2D eigenvalue weighted by Gasteiger charge is -2.05. The Labute approximate surface area is 118 Å².